The van der Waals surface area contributed by atoms with Crippen LogP contribution in [0.25, 0.3) is 155 Å². The molecule has 4 heterocycles. The maximum Gasteiger partial charge on any atom is 0.123 e. The Labute approximate surface area is 589 Å². The van der Waals surface area contributed by atoms with E-state index >= 15 is 17.6 Å². The van der Waals surface area contributed by atoms with Gasteiger partial charge in [-0.05, 0) is 338 Å². The molecular weight excluding hydrogens is 1680 g/mol. The summed E-state index contributed by atoms with van der Waals surface area (Å²) in [5.74, 6) is -1.64. The molecule has 0 amide bonds. The van der Waals surface area contributed by atoms with Gasteiger partial charge in [-0.2, -0.15) is 0 Å². The van der Waals surface area contributed by atoms with Gasteiger partial charge in [0.2, 0.25) is 0 Å². The molecule has 8 bridgehead atoms. The van der Waals surface area contributed by atoms with Gasteiger partial charge in [0.25, 0.3) is 0 Å². The lowest BCUT2D eigenvalue weighted by molar-refractivity contribution is 0.627. The summed E-state index contributed by atoms with van der Waals surface area (Å²) >= 11 is 30.6. The summed E-state index contributed by atoms with van der Waals surface area (Å²) in [6, 6.07) is 56.1. The van der Waals surface area contributed by atoms with Crippen LogP contribution in [0, 0.1) is 23.3 Å². The number of hydrogen-bond acceptors (Lipinski definition) is 2. The summed E-state index contributed by atoms with van der Waals surface area (Å²) in [5, 5.41) is 7.18. The summed E-state index contributed by atoms with van der Waals surface area (Å²) in [6.07, 6.45) is 0.945. The number of rotatable bonds is 4. The Morgan fingerprint density at radius 3 is 0.772 bits per heavy atom. The summed E-state index contributed by atoms with van der Waals surface area (Å²) in [4.78, 5) is 20.3. The largest absolute Gasteiger partial charge is 0.354 e. The number of H-pyrrole nitrogens is 2. The first kappa shape index (κ1) is 58.9. The number of halogens is 12. The molecule has 2 N–H and O–H groups in total. The van der Waals surface area contributed by atoms with E-state index in [1.807, 2.05) is 24.3 Å². The number of benzene rings is 11. The second kappa shape index (κ2) is 22.4. The minimum atomic E-state index is -0.413. The average molecular weight is 1720 g/mol. The van der Waals surface area contributed by atoms with Gasteiger partial charge in [0.05, 0.1) is 44.8 Å². The van der Waals surface area contributed by atoms with Gasteiger partial charge < -0.3 is 9.97 Å². The normalized spacial score (nSPS) is 12.5. The molecule has 2 aliphatic carbocycles. The highest BCUT2D eigenvalue weighted by atomic mass is 79.9. The molecule has 0 saturated heterocycles. The highest BCUT2D eigenvalue weighted by Gasteiger charge is 2.34. The Kier molecular flexibility index (Phi) is 14.3. The lowest BCUT2D eigenvalue weighted by atomic mass is 9.84. The topological polar surface area (TPSA) is 57.4 Å². The van der Waals surface area contributed by atoms with E-state index in [1.54, 1.807) is 24.3 Å². The highest BCUT2D eigenvalue weighted by molar-refractivity contribution is 9.14. The van der Waals surface area contributed by atoms with Crippen molar-refractivity contribution in [2.75, 3.05) is 0 Å². The van der Waals surface area contributed by atoms with Gasteiger partial charge in [0, 0.05) is 104 Å². The van der Waals surface area contributed by atoms with Crippen LogP contribution in [0.5, 0.6) is 0 Å². The van der Waals surface area contributed by atoms with Crippen molar-refractivity contribution in [3.63, 3.8) is 0 Å². The number of fused-ring (bicyclic) bond motifs is 4. The van der Waals surface area contributed by atoms with Crippen molar-refractivity contribution < 1.29 is 17.6 Å². The van der Waals surface area contributed by atoms with E-state index in [1.165, 1.54) is 48.5 Å². The van der Waals surface area contributed by atoms with Gasteiger partial charge in [-0.3, -0.25) is 0 Å². The molecule has 92 heavy (non-hydrogen) atoms. The minimum absolute atomic E-state index is 0.405. The third-order valence-electron chi connectivity index (χ3n) is 18.0. The molecular formula is C76H36Br8F4N4. The van der Waals surface area contributed by atoms with Crippen molar-refractivity contribution in [1.29, 1.82) is 0 Å². The number of aromatic amines is 2. The number of nitrogens with one attached hydrogen (secondary N) is 2. The fraction of sp³-hybridized carbons (Fsp3) is 0.0263. The monoisotopic (exact) mass is 1710 g/mol. The van der Waals surface area contributed by atoms with Crippen molar-refractivity contribution in [3.8, 4) is 89.5 Å². The molecule has 0 atom stereocenters. The van der Waals surface area contributed by atoms with Crippen molar-refractivity contribution in [1.82, 2.24) is 19.9 Å². The quantitative estimate of drug-likeness (QED) is 0.173. The summed E-state index contributed by atoms with van der Waals surface area (Å²) in [7, 11) is 0. The third kappa shape index (κ3) is 9.65. The van der Waals surface area contributed by atoms with Crippen molar-refractivity contribution >= 4 is 193 Å². The van der Waals surface area contributed by atoms with Crippen LogP contribution < -0.4 is 0 Å². The zero-order valence-corrected chi connectivity index (χ0v) is 59.9. The van der Waals surface area contributed by atoms with Crippen LogP contribution in [0.15, 0.2) is 218 Å². The molecule has 0 radical (unpaired) electrons. The molecule has 0 saturated carbocycles. The summed E-state index contributed by atoms with van der Waals surface area (Å²) in [6.45, 7) is 0. The van der Waals surface area contributed by atoms with Crippen LogP contribution in [0.3, 0.4) is 0 Å². The molecule has 0 unspecified atom stereocenters. The highest BCUT2D eigenvalue weighted by Crippen LogP contribution is 2.55. The zero-order valence-electron chi connectivity index (χ0n) is 47.2. The molecule has 17 rings (SSSR count). The standard InChI is InChI=1S/C76H36Br8F4N4/c77-57-25-37-17-49-51(19-39(37)27-59(57)79)71-66(34-3-11-46(86)12-4-34)73-53-21-41-29-61(81)63(83)31-43(41)23-55(53)75(91-73)68(36-7-15-48(88)16-8-36)76-56-24-44-32-64(84)62(82)30-42(44)22-54(56)74(92-76)67(35-5-13-47(87)14-6-35)72-52-20-40-28-60(80)58(78)26-38(40)18-50(52)70(90-72)65(69(49)89-71)33-1-9-45(85)10-2-33/h1-21,23,25-32,89,92H,22,24H2. The van der Waals surface area contributed by atoms with Gasteiger partial charge in [0.1, 0.15) is 23.3 Å². The second-order valence-corrected chi connectivity index (χ2v) is 30.1. The predicted octanol–water partition coefficient (Wildman–Crippen LogP) is 26.4. The summed E-state index contributed by atoms with van der Waals surface area (Å²) < 4.78 is 69.7. The lowest BCUT2D eigenvalue weighted by Gasteiger charge is -2.20. The van der Waals surface area contributed by atoms with Crippen molar-refractivity contribution in [2.45, 2.75) is 12.8 Å². The van der Waals surface area contributed by atoms with Gasteiger partial charge >= 0.3 is 0 Å². The maximum absolute atomic E-state index is 15.7. The van der Waals surface area contributed by atoms with Crippen LogP contribution in [0.4, 0.5) is 17.6 Å². The first-order valence-corrected chi connectivity index (χ1v) is 35.3. The lowest BCUT2D eigenvalue weighted by Crippen LogP contribution is -2.06. The van der Waals surface area contributed by atoms with Crippen LogP contribution in [0.2, 0.25) is 0 Å². The van der Waals surface area contributed by atoms with Crippen LogP contribution in [-0.4, -0.2) is 19.9 Å². The van der Waals surface area contributed by atoms with E-state index in [0.29, 0.717) is 91.2 Å². The van der Waals surface area contributed by atoms with Crippen LogP contribution >= 0.6 is 127 Å². The minimum Gasteiger partial charge on any atom is -0.354 e. The maximum atomic E-state index is 15.7. The molecule has 16 heteroatoms. The van der Waals surface area contributed by atoms with E-state index in [9.17, 15) is 0 Å². The van der Waals surface area contributed by atoms with Gasteiger partial charge in [-0.15, -0.1) is 0 Å². The molecule has 13 aromatic rings. The second-order valence-electron chi connectivity index (χ2n) is 23.3. The zero-order chi connectivity index (χ0) is 62.9. The molecule has 4 aliphatic rings. The fourth-order valence-electron chi connectivity index (χ4n) is 13.8. The Bertz CT molecular complexity index is 5480. The Morgan fingerprint density at radius 2 is 0.500 bits per heavy atom. The van der Waals surface area contributed by atoms with Crippen LogP contribution in [-0.2, 0) is 12.8 Å². The van der Waals surface area contributed by atoms with E-state index in [-0.39, 0.29) is 0 Å². The smallest absolute Gasteiger partial charge is 0.123 e. The number of aromatic nitrogens is 4. The molecule has 2 aliphatic heterocycles. The third-order valence-corrected chi connectivity index (χ3v) is 25.4. The Morgan fingerprint density at radius 1 is 0.272 bits per heavy atom. The SMILES string of the molecule is Fc1ccc(-c2c3nc(c(-c4ccc(F)cc4)c4[nH]c(c(-c5ccc(F)cc5)c5nc(c(-c6ccc(F)cc6)c6[nH]c2c2c6Cc6cc(Br)c(Br)cc6C2)-c2cc6cc(Br)c(Br)cc6cc2-5)c2cc5cc(Br)c(Br)cc5cc42)-c2cc4cc(Br)c(Br)cc4cc2-3)cc1. The van der Waals surface area contributed by atoms with E-state index in [4.69, 9.17) is 9.97 Å². The first-order valence-electron chi connectivity index (χ1n) is 28.9. The number of hydrogen-bond donors (Lipinski definition) is 2. The van der Waals surface area contributed by atoms with E-state index in [2.05, 4.69) is 222 Å². The summed E-state index contributed by atoms with van der Waals surface area (Å²) in [5.41, 5.74) is 18.0. The average Bonchev–Trinajstić information content (AvgIpc) is 1.55. The van der Waals surface area contributed by atoms with E-state index in [0.717, 1.165) is 134 Å². The fourth-order valence-corrected chi connectivity index (χ4v) is 16.7. The molecule has 0 spiro atoms. The molecule has 11 aromatic carbocycles. The molecule has 2 aromatic heterocycles. The number of nitrogens with zero attached hydrogens (tertiary/aromatic N) is 2. The Hall–Kier alpha value is -6.86. The van der Waals surface area contributed by atoms with Gasteiger partial charge in [0.15, 0.2) is 0 Å². The van der Waals surface area contributed by atoms with Crippen molar-refractivity contribution in [2.24, 2.45) is 0 Å². The molecule has 0 fully saturated rings. The van der Waals surface area contributed by atoms with Gasteiger partial charge in [-0.25, -0.2) is 27.5 Å². The van der Waals surface area contributed by atoms with Crippen LogP contribution in [0.1, 0.15) is 22.3 Å². The van der Waals surface area contributed by atoms with Gasteiger partial charge in [-0.1, -0.05) is 48.5 Å². The Balaban J connectivity index is 1.21. The van der Waals surface area contributed by atoms with Crippen molar-refractivity contribution in [3.05, 3.63) is 263 Å². The van der Waals surface area contributed by atoms with E-state index < -0.39 is 23.3 Å². The predicted molar refractivity (Wildman–Crippen MR) is 395 cm³/mol. The molecule has 444 valence electrons. The first-order chi connectivity index (χ1) is 44.5. The molecule has 4 nitrogen and oxygen atoms in total.